The maximum absolute atomic E-state index is 14.7. The molecule has 3 aliphatic heterocycles. The van der Waals surface area contributed by atoms with Gasteiger partial charge in [0.2, 0.25) is 11.8 Å². The number of carbonyl (C=O) groups excluding carboxylic acids is 4. The van der Waals surface area contributed by atoms with Gasteiger partial charge in [0.15, 0.2) is 0 Å². The Hall–Kier alpha value is -3.51. The number of aryl methyl sites for hydroxylation is 1. The van der Waals surface area contributed by atoms with Gasteiger partial charge in [0.1, 0.15) is 17.7 Å². The van der Waals surface area contributed by atoms with Crippen LogP contribution in [0.1, 0.15) is 43.4 Å². The highest BCUT2D eigenvalue weighted by atomic mass is 79.9. The number of amides is 3. The third-order valence-corrected chi connectivity index (χ3v) is 10.6. The van der Waals surface area contributed by atoms with E-state index in [-0.39, 0.29) is 36.7 Å². The van der Waals surface area contributed by atoms with Crippen LogP contribution in [0.4, 0.5) is 5.69 Å². The molecule has 1 spiro atoms. The number of allylic oxidation sites excluding steroid dienone is 1. The molecule has 2 N–H and O–H groups in total. The molecule has 12 heteroatoms. The number of fused-ring (bicyclic) bond motifs is 1. The smallest absolute Gasteiger partial charge is 0.313 e. The van der Waals surface area contributed by atoms with Crippen LogP contribution in [0.2, 0.25) is 5.02 Å². The zero-order chi connectivity index (χ0) is 34.7. The Balaban J connectivity index is 1.50. The Morgan fingerprint density at radius 2 is 1.94 bits per heavy atom. The number of nitrogens with one attached hydrogen (secondary N) is 1. The maximum Gasteiger partial charge on any atom is 0.313 e. The highest BCUT2D eigenvalue weighted by molar-refractivity contribution is 9.09. The zero-order valence-corrected chi connectivity index (χ0v) is 29.4. The lowest BCUT2D eigenvalue weighted by Gasteiger charge is -2.37. The van der Waals surface area contributed by atoms with Crippen molar-refractivity contribution in [3.63, 3.8) is 0 Å². The van der Waals surface area contributed by atoms with Crippen LogP contribution in [-0.4, -0.2) is 82.0 Å². The quantitative estimate of drug-likeness (QED) is 0.164. The Kier molecular flexibility index (Phi) is 11.1. The summed E-state index contributed by atoms with van der Waals surface area (Å²) in [5.41, 5.74) is 0.514. The summed E-state index contributed by atoms with van der Waals surface area (Å²) in [6, 6.07) is 12.6. The molecule has 0 aliphatic carbocycles. The molecular weight excluding hydrogens is 702 g/mol. The van der Waals surface area contributed by atoms with Crippen LogP contribution in [0.15, 0.2) is 73.8 Å². The van der Waals surface area contributed by atoms with Crippen molar-refractivity contribution in [3.05, 3.63) is 90.0 Å². The third-order valence-electron chi connectivity index (χ3n) is 9.46. The summed E-state index contributed by atoms with van der Waals surface area (Å²) in [4.78, 5) is 58.4. The Labute approximate surface area is 294 Å². The van der Waals surface area contributed by atoms with E-state index < -0.39 is 66.1 Å². The van der Waals surface area contributed by atoms with Crippen molar-refractivity contribution in [1.82, 2.24) is 10.2 Å². The van der Waals surface area contributed by atoms with Crippen molar-refractivity contribution in [1.29, 1.82) is 0 Å². The minimum atomic E-state index is -1.38. The Bertz CT molecular complexity index is 1550. The van der Waals surface area contributed by atoms with E-state index in [0.717, 1.165) is 5.56 Å². The number of likely N-dealkylation sites (tertiary alicyclic amines) is 1. The predicted octanol–water partition coefficient (Wildman–Crippen LogP) is 4.66. The number of rotatable bonds is 14. The first-order chi connectivity index (χ1) is 23.0. The van der Waals surface area contributed by atoms with Crippen molar-refractivity contribution in [2.45, 2.75) is 67.8 Å². The average Bonchev–Trinajstić information content (AvgIpc) is 3.65. The molecule has 3 fully saturated rings. The van der Waals surface area contributed by atoms with Crippen LogP contribution in [0.25, 0.3) is 0 Å². The van der Waals surface area contributed by atoms with Gasteiger partial charge >= 0.3 is 5.97 Å². The molecule has 2 bridgehead atoms. The van der Waals surface area contributed by atoms with Crippen molar-refractivity contribution < 1.29 is 33.8 Å². The number of hydrogen-bond donors (Lipinski definition) is 2. The fourth-order valence-corrected chi connectivity index (χ4v) is 8.77. The topological polar surface area (TPSA) is 125 Å². The van der Waals surface area contributed by atoms with Crippen molar-refractivity contribution in [2.75, 3.05) is 24.6 Å². The second kappa shape index (κ2) is 14.9. The van der Waals surface area contributed by atoms with E-state index in [2.05, 4.69) is 34.4 Å². The summed E-state index contributed by atoms with van der Waals surface area (Å²) in [6.07, 6.45) is 2.61. The summed E-state index contributed by atoms with van der Waals surface area (Å²) in [5.74, 6) is -3.92. The molecule has 0 radical (unpaired) electrons. The third kappa shape index (κ3) is 6.45. The molecule has 5 rings (SSSR count). The number of ether oxygens (including phenoxy) is 2. The summed E-state index contributed by atoms with van der Waals surface area (Å²) in [7, 11) is 0. The Morgan fingerprint density at radius 3 is 2.58 bits per heavy atom. The molecule has 256 valence electrons. The molecule has 8 atom stereocenters. The first kappa shape index (κ1) is 35.8. The SMILES string of the molecule is C=CCCC(=O)N[C@H](C)[C@@H](OC(=O)[C@@H]1[C@H]2O[C@@]3(CC2Br)[C@H](C(=O)N(CC=C)c2c(C)cccc2Cl)N(CCO)C(=O)[C@@H]13)c1ccccc1. The number of carbonyl (C=O) groups is 4. The number of β-amino-alcohol motifs (C(OH)–C–C–N with tert-alkyl or cyclic N) is 1. The summed E-state index contributed by atoms with van der Waals surface area (Å²) in [6.45, 7) is 10.7. The molecule has 2 aromatic rings. The van der Waals surface area contributed by atoms with E-state index in [4.69, 9.17) is 21.1 Å². The number of benzene rings is 2. The van der Waals surface area contributed by atoms with Crippen LogP contribution in [0.5, 0.6) is 0 Å². The summed E-state index contributed by atoms with van der Waals surface area (Å²) < 4.78 is 12.8. The first-order valence-electron chi connectivity index (χ1n) is 16.1. The van der Waals surface area contributed by atoms with Gasteiger partial charge in [-0.3, -0.25) is 19.2 Å². The van der Waals surface area contributed by atoms with Crippen molar-refractivity contribution in [3.8, 4) is 0 Å². The largest absolute Gasteiger partial charge is 0.455 e. The molecule has 0 saturated carbocycles. The minimum absolute atomic E-state index is 0.101. The van der Waals surface area contributed by atoms with E-state index >= 15 is 0 Å². The van der Waals surface area contributed by atoms with Gasteiger partial charge in [0.25, 0.3) is 5.91 Å². The lowest BCUT2D eigenvalue weighted by molar-refractivity contribution is -0.162. The molecule has 10 nitrogen and oxygen atoms in total. The molecule has 2 aromatic carbocycles. The Morgan fingerprint density at radius 1 is 1.21 bits per heavy atom. The lowest BCUT2D eigenvalue weighted by Crippen LogP contribution is -2.57. The second-order valence-corrected chi connectivity index (χ2v) is 14.1. The fraction of sp³-hybridized carbons (Fsp3) is 0.444. The number of aliphatic hydroxyl groups excluding tert-OH is 1. The summed E-state index contributed by atoms with van der Waals surface area (Å²) >= 11 is 10.3. The number of alkyl halides is 1. The van der Waals surface area contributed by atoms with Gasteiger partial charge in [-0.05, 0) is 43.9 Å². The first-order valence-corrected chi connectivity index (χ1v) is 17.4. The van der Waals surface area contributed by atoms with Crippen LogP contribution in [0, 0.1) is 18.8 Å². The van der Waals surface area contributed by atoms with Gasteiger partial charge in [-0.25, -0.2) is 0 Å². The lowest BCUT2D eigenvalue weighted by atomic mass is 9.70. The standard InChI is InChI=1S/C36H41BrClN3O7/c1-5-7-16-26(43)39-22(4)30(23-13-9-8-10-14-23)47-35(46)27-28-33(44)41(18-19-42)32(36(28)20-24(37)31(27)48-36)34(45)40(17-6-2)29-21(3)12-11-15-25(29)38/h5-6,8-15,22,24,27-28,30-32,42H,1-2,7,16-20H2,3-4H3,(H,39,43)/t22-,24?,27+,28-,30-,31+,32+,36-/m1/s1. The van der Waals surface area contributed by atoms with Crippen molar-refractivity contribution in [2.24, 2.45) is 11.8 Å². The normalized spacial score (nSPS) is 26.8. The number of esters is 1. The molecule has 48 heavy (non-hydrogen) atoms. The van der Waals surface area contributed by atoms with Crippen LogP contribution in [-0.2, 0) is 28.7 Å². The van der Waals surface area contributed by atoms with E-state index in [0.29, 0.717) is 22.7 Å². The monoisotopic (exact) mass is 741 g/mol. The number of nitrogens with zero attached hydrogens (tertiary/aromatic N) is 2. The van der Waals surface area contributed by atoms with Gasteiger partial charge in [0.05, 0.1) is 41.3 Å². The van der Waals surface area contributed by atoms with Gasteiger partial charge in [-0.2, -0.15) is 0 Å². The zero-order valence-electron chi connectivity index (χ0n) is 27.0. The van der Waals surface area contributed by atoms with Gasteiger partial charge < -0.3 is 29.7 Å². The highest BCUT2D eigenvalue weighted by Crippen LogP contribution is 2.60. The number of hydrogen-bond acceptors (Lipinski definition) is 7. The van der Waals surface area contributed by atoms with Gasteiger partial charge in [-0.15, -0.1) is 13.2 Å². The van der Waals surface area contributed by atoms with E-state index in [1.54, 1.807) is 43.3 Å². The molecule has 3 saturated heterocycles. The van der Waals surface area contributed by atoms with E-state index in [1.807, 2.05) is 31.2 Å². The van der Waals surface area contributed by atoms with Crippen LogP contribution in [0.3, 0.4) is 0 Å². The van der Waals surface area contributed by atoms with Crippen LogP contribution >= 0.6 is 27.5 Å². The molecule has 1 unspecified atom stereocenters. The number of halogens is 2. The highest BCUT2D eigenvalue weighted by Gasteiger charge is 2.77. The van der Waals surface area contributed by atoms with Crippen molar-refractivity contribution >= 4 is 56.9 Å². The minimum Gasteiger partial charge on any atom is -0.455 e. The van der Waals surface area contributed by atoms with Gasteiger partial charge in [-0.1, -0.05) is 82.1 Å². The maximum atomic E-state index is 14.7. The average molecular weight is 743 g/mol. The number of anilines is 1. The predicted molar refractivity (Wildman–Crippen MR) is 186 cm³/mol. The second-order valence-electron chi connectivity index (χ2n) is 12.5. The summed E-state index contributed by atoms with van der Waals surface area (Å²) in [5, 5.41) is 13.3. The number of aliphatic hydroxyl groups is 1. The van der Waals surface area contributed by atoms with Crippen LogP contribution < -0.4 is 10.2 Å². The molecule has 3 aliphatic rings. The van der Waals surface area contributed by atoms with E-state index in [1.165, 1.54) is 9.80 Å². The fourth-order valence-electron chi connectivity index (χ4n) is 7.50. The van der Waals surface area contributed by atoms with E-state index in [9.17, 15) is 24.3 Å². The molecule has 3 heterocycles. The molecule has 3 amide bonds. The van der Waals surface area contributed by atoms with Gasteiger partial charge in [0, 0.05) is 24.3 Å². The molecular formula is C36H41BrClN3O7. The number of para-hydroxylation sites is 1. The molecule has 0 aromatic heterocycles.